The molecule has 3 nitrogen and oxygen atoms in total. The number of rotatable bonds is 6. The number of hydrogen-bond acceptors (Lipinski definition) is 3. The molecular formula is C16H19ClN2O. The molecule has 1 aromatic heterocycles. The van der Waals surface area contributed by atoms with Gasteiger partial charge in [0.2, 0.25) is 5.88 Å². The van der Waals surface area contributed by atoms with Crippen molar-refractivity contribution in [2.45, 2.75) is 26.8 Å². The first-order chi connectivity index (χ1) is 9.69. The molecule has 0 aliphatic rings. The van der Waals surface area contributed by atoms with Crippen LogP contribution in [0.25, 0.3) is 0 Å². The Balaban J connectivity index is 2.09. The van der Waals surface area contributed by atoms with Gasteiger partial charge in [-0.15, -0.1) is 0 Å². The molecular weight excluding hydrogens is 272 g/mol. The summed E-state index contributed by atoms with van der Waals surface area (Å²) in [5.41, 5.74) is 2.06. The van der Waals surface area contributed by atoms with Crippen LogP contribution in [0.5, 0.6) is 11.6 Å². The minimum Gasteiger partial charge on any atom is -0.437 e. The van der Waals surface area contributed by atoms with E-state index in [9.17, 15) is 0 Å². The zero-order valence-corrected chi connectivity index (χ0v) is 12.6. The van der Waals surface area contributed by atoms with Crippen LogP contribution >= 0.6 is 11.6 Å². The fraction of sp³-hybridized carbons (Fsp3) is 0.312. The summed E-state index contributed by atoms with van der Waals surface area (Å²) in [6.07, 6.45) is 1.11. The van der Waals surface area contributed by atoms with Gasteiger partial charge in [0.05, 0.1) is 10.7 Å². The Labute approximate surface area is 124 Å². The molecule has 0 aliphatic carbocycles. The molecule has 20 heavy (non-hydrogen) atoms. The summed E-state index contributed by atoms with van der Waals surface area (Å²) in [6, 6.07) is 11.4. The lowest BCUT2D eigenvalue weighted by atomic mass is 10.2. The standard InChI is InChI=1S/C16H19ClN2O/c1-3-9-18-11-13-5-4-6-16(19-13)20-15-10-12(2)7-8-14(15)17/h4-8,10,18H,3,9,11H2,1-2H3. The van der Waals surface area contributed by atoms with Crippen molar-refractivity contribution in [2.75, 3.05) is 6.54 Å². The molecule has 0 unspecified atom stereocenters. The average Bonchev–Trinajstić information content (AvgIpc) is 2.44. The molecule has 1 heterocycles. The number of nitrogens with zero attached hydrogens (tertiary/aromatic N) is 1. The highest BCUT2D eigenvalue weighted by molar-refractivity contribution is 6.32. The van der Waals surface area contributed by atoms with Gasteiger partial charge in [-0.25, -0.2) is 4.98 Å². The highest BCUT2D eigenvalue weighted by atomic mass is 35.5. The number of pyridine rings is 1. The van der Waals surface area contributed by atoms with Gasteiger partial charge < -0.3 is 10.1 Å². The second-order valence-electron chi connectivity index (χ2n) is 4.68. The molecule has 0 amide bonds. The number of aromatic nitrogens is 1. The number of ether oxygens (including phenoxy) is 1. The Morgan fingerprint density at radius 2 is 2.10 bits per heavy atom. The van der Waals surface area contributed by atoms with Crippen molar-refractivity contribution in [2.24, 2.45) is 0 Å². The summed E-state index contributed by atoms with van der Waals surface area (Å²) in [7, 11) is 0. The molecule has 1 aromatic carbocycles. The fourth-order valence-electron chi connectivity index (χ4n) is 1.81. The Bertz CT molecular complexity index is 572. The quantitative estimate of drug-likeness (QED) is 0.804. The molecule has 106 valence electrons. The molecule has 0 atom stereocenters. The van der Waals surface area contributed by atoms with Crippen LogP contribution in [-0.2, 0) is 6.54 Å². The Kier molecular flexibility index (Phi) is 5.39. The van der Waals surface area contributed by atoms with Crippen LogP contribution < -0.4 is 10.1 Å². The van der Waals surface area contributed by atoms with Crippen LogP contribution in [0.15, 0.2) is 36.4 Å². The van der Waals surface area contributed by atoms with Crippen LogP contribution in [0, 0.1) is 6.92 Å². The first-order valence-corrected chi connectivity index (χ1v) is 7.17. The molecule has 0 spiro atoms. The predicted octanol–water partition coefficient (Wildman–Crippen LogP) is 4.34. The number of nitrogens with one attached hydrogen (secondary N) is 1. The van der Waals surface area contributed by atoms with Gasteiger partial charge >= 0.3 is 0 Å². The highest BCUT2D eigenvalue weighted by Gasteiger charge is 2.05. The number of aryl methyl sites for hydroxylation is 1. The first kappa shape index (κ1) is 14.8. The van der Waals surface area contributed by atoms with Crippen molar-refractivity contribution in [3.05, 3.63) is 52.7 Å². The third-order valence-corrected chi connectivity index (χ3v) is 3.13. The van der Waals surface area contributed by atoms with Crippen molar-refractivity contribution in [1.82, 2.24) is 10.3 Å². The summed E-state index contributed by atoms with van der Waals surface area (Å²) < 4.78 is 5.77. The molecule has 0 aliphatic heterocycles. The van der Waals surface area contributed by atoms with Crippen molar-refractivity contribution >= 4 is 11.6 Å². The van der Waals surface area contributed by atoms with E-state index in [-0.39, 0.29) is 0 Å². The SMILES string of the molecule is CCCNCc1cccc(Oc2cc(C)ccc2Cl)n1. The van der Waals surface area contributed by atoms with Gasteiger partial charge in [-0.1, -0.05) is 30.7 Å². The minimum atomic E-state index is 0.563. The van der Waals surface area contributed by atoms with Gasteiger partial charge in [0.25, 0.3) is 0 Å². The van der Waals surface area contributed by atoms with Crippen molar-refractivity contribution in [1.29, 1.82) is 0 Å². The lowest BCUT2D eigenvalue weighted by molar-refractivity contribution is 0.459. The predicted molar refractivity (Wildman–Crippen MR) is 82.5 cm³/mol. The van der Waals surface area contributed by atoms with Gasteiger partial charge in [0.15, 0.2) is 0 Å². The van der Waals surface area contributed by atoms with Gasteiger partial charge in [-0.3, -0.25) is 0 Å². The molecule has 0 saturated carbocycles. The van der Waals surface area contributed by atoms with Crippen LogP contribution in [0.1, 0.15) is 24.6 Å². The van der Waals surface area contributed by atoms with E-state index in [4.69, 9.17) is 16.3 Å². The fourth-order valence-corrected chi connectivity index (χ4v) is 1.96. The summed E-state index contributed by atoms with van der Waals surface area (Å²) in [5, 5.41) is 3.91. The smallest absolute Gasteiger partial charge is 0.219 e. The van der Waals surface area contributed by atoms with Crippen LogP contribution in [-0.4, -0.2) is 11.5 Å². The molecule has 0 bridgehead atoms. The van der Waals surface area contributed by atoms with Crippen molar-refractivity contribution in [3.63, 3.8) is 0 Å². The second kappa shape index (κ2) is 7.27. The molecule has 0 radical (unpaired) electrons. The normalized spacial score (nSPS) is 10.6. The molecule has 0 saturated heterocycles. The maximum absolute atomic E-state index is 6.12. The van der Waals surface area contributed by atoms with E-state index in [1.807, 2.05) is 43.3 Å². The van der Waals surface area contributed by atoms with Crippen molar-refractivity contribution < 1.29 is 4.74 Å². The van der Waals surface area contributed by atoms with Gasteiger partial charge in [0.1, 0.15) is 5.75 Å². The van der Waals surface area contributed by atoms with E-state index in [0.29, 0.717) is 16.7 Å². The lowest BCUT2D eigenvalue weighted by Gasteiger charge is -2.09. The molecule has 0 fully saturated rings. The Morgan fingerprint density at radius 1 is 1.25 bits per heavy atom. The maximum Gasteiger partial charge on any atom is 0.219 e. The van der Waals surface area contributed by atoms with Gasteiger partial charge in [-0.05, 0) is 43.7 Å². The van der Waals surface area contributed by atoms with Crippen molar-refractivity contribution in [3.8, 4) is 11.6 Å². The molecule has 4 heteroatoms. The third-order valence-electron chi connectivity index (χ3n) is 2.82. The van der Waals surface area contributed by atoms with Gasteiger partial charge in [0, 0.05) is 12.6 Å². The molecule has 1 N–H and O–H groups in total. The largest absolute Gasteiger partial charge is 0.437 e. The van der Waals surface area contributed by atoms with E-state index in [0.717, 1.165) is 30.8 Å². The van der Waals surface area contributed by atoms with E-state index in [1.165, 1.54) is 0 Å². The maximum atomic E-state index is 6.12. The second-order valence-corrected chi connectivity index (χ2v) is 5.09. The Hall–Kier alpha value is -1.58. The lowest BCUT2D eigenvalue weighted by Crippen LogP contribution is -2.14. The van der Waals surface area contributed by atoms with Crippen LogP contribution in [0.3, 0.4) is 0 Å². The first-order valence-electron chi connectivity index (χ1n) is 6.79. The number of halogens is 1. The van der Waals surface area contributed by atoms with E-state index in [2.05, 4.69) is 17.2 Å². The Morgan fingerprint density at radius 3 is 2.90 bits per heavy atom. The van der Waals surface area contributed by atoms with E-state index in [1.54, 1.807) is 0 Å². The zero-order chi connectivity index (χ0) is 14.4. The minimum absolute atomic E-state index is 0.563. The summed E-state index contributed by atoms with van der Waals surface area (Å²) in [5.74, 6) is 1.20. The van der Waals surface area contributed by atoms with Crippen LogP contribution in [0.2, 0.25) is 5.02 Å². The summed E-state index contributed by atoms with van der Waals surface area (Å²) in [4.78, 5) is 4.47. The highest BCUT2D eigenvalue weighted by Crippen LogP contribution is 2.29. The van der Waals surface area contributed by atoms with E-state index >= 15 is 0 Å². The molecule has 2 rings (SSSR count). The average molecular weight is 291 g/mol. The summed E-state index contributed by atoms with van der Waals surface area (Å²) in [6.45, 7) is 5.87. The molecule has 2 aromatic rings. The van der Waals surface area contributed by atoms with Crippen LogP contribution in [0.4, 0.5) is 0 Å². The topological polar surface area (TPSA) is 34.1 Å². The number of hydrogen-bond donors (Lipinski definition) is 1. The number of benzene rings is 1. The third kappa shape index (κ3) is 4.22. The zero-order valence-electron chi connectivity index (χ0n) is 11.8. The summed E-state index contributed by atoms with van der Waals surface area (Å²) >= 11 is 6.12. The monoisotopic (exact) mass is 290 g/mol. The van der Waals surface area contributed by atoms with E-state index < -0.39 is 0 Å². The van der Waals surface area contributed by atoms with Gasteiger partial charge in [-0.2, -0.15) is 0 Å².